The lowest BCUT2D eigenvalue weighted by atomic mass is 9.86. The number of nitrogens with zero attached hydrogens (tertiary/aromatic N) is 5. The predicted molar refractivity (Wildman–Crippen MR) is 257 cm³/mol. The number of likely N-dealkylation sites (tertiary alicyclic amines) is 1. The first kappa shape index (κ1) is 48.4. The Hall–Kier alpha value is -7.02. The number of aromatic amines is 1. The standard InChI is InChI=1S/C51H60N10O8/c1-34(53-47(64)37-11-6-12-38(30-37)57-51(20-24-60(2)25-21-51)50-56-46(58-59-50)35-18-22-52-23-19-35)36-10-7-13-39(31-36)69-29-5-3-4-26-67-27-9-28-68-33-45(63)54-42-15-8-14-40-41(42)32-61(49(40)66)43-16-17-44(62)55-48(43)65/h6-8,10-15,18-19,22-23,30-31,34,43,57H,3-5,9,16-17,20-21,24-29,32-33H2,1-2H3,(H,53,64)(H,54,63)(H,55,62,65)(H,56,58,59)/t34-,43?/m1/s1. The molecule has 2 atom stereocenters. The summed E-state index contributed by atoms with van der Waals surface area (Å²) in [6, 6.07) is 23.2. The second-order valence-electron chi connectivity index (χ2n) is 17.8. The number of imide groups is 1. The summed E-state index contributed by atoms with van der Waals surface area (Å²) in [4.78, 5) is 76.1. The van der Waals surface area contributed by atoms with Gasteiger partial charge in [0, 0.05) is 91.9 Å². The van der Waals surface area contributed by atoms with E-state index in [4.69, 9.17) is 19.2 Å². The van der Waals surface area contributed by atoms with E-state index >= 15 is 0 Å². The minimum Gasteiger partial charge on any atom is -0.494 e. The molecule has 2 saturated heterocycles. The van der Waals surface area contributed by atoms with Gasteiger partial charge in [0.05, 0.1) is 18.2 Å². The van der Waals surface area contributed by atoms with Crippen LogP contribution in [0.1, 0.15) is 102 Å². The Labute approximate surface area is 401 Å². The number of amides is 5. The molecule has 5 N–H and O–H groups in total. The van der Waals surface area contributed by atoms with Gasteiger partial charge in [-0.15, -0.1) is 0 Å². The number of hydrogen-bond acceptors (Lipinski definition) is 13. The minimum absolute atomic E-state index is 0.154. The summed E-state index contributed by atoms with van der Waals surface area (Å²) < 4.78 is 17.4. The smallest absolute Gasteiger partial charge is 0.255 e. The zero-order chi connectivity index (χ0) is 48.2. The number of piperidine rings is 2. The van der Waals surface area contributed by atoms with Crippen molar-refractivity contribution in [2.45, 2.75) is 82.5 Å². The first-order chi connectivity index (χ1) is 33.5. The van der Waals surface area contributed by atoms with Gasteiger partial charge in [0.25, 0.3) is 11.8 Å². The van der Waals surface area contributed by atoms with E-state index in [2.05, 4.69) is 48.4 Å². The molecule has 5 heterocycles. The zero-order valence-electron chi connectivity index (χ0n) is 39.1. The number of anilines is 2. The van der Waals surface area contributed by atoms with Crippen LogP contribution in [0.3, 0.4) is 0 Å². The number of nitrogens with one attached hydrogen (secondary N) is 5. The van der Waals surface area contributed by atoms with Gasteiger partial charge < -0.3 is 40.0 Å². The molecule has 0 spiro atoms. The molecule has 3 aliphatic rings. The van der Waals surface area contributed by atoms with Crippen LogP contribution in [0.2, 0.25) is 0 Å². The summed E-state index contributed by atoms with van der Waals surface area (Å²) in [5, 5.41) is 19.8. The van der Waals surface area contributed by atoms with E-state index in [9.17, 15) is 24.0 Å². The molecule has 18 nitrogen and oxygen atoms in total. The molecule has 5 amide bonds. The van der Waals surface area contributed by atoms with Gasteiger partial charge in [-0.2, -0.15) is 5.10 Å². The second-order valence-corrected chi connectivity index (χ2v) is 17.8. The molecule has 3 aliphatic heterocycles. The number of rotatable bonds is 22. The molecule has 0 bridgehead atoms. The Morgan fingerprint density at radius 1 is 0.884 bits per heavy atom. The van der Waals surface area contributed by atoms with Crippen LogP contribution in [0.25, 0.3) is 11.4 Å². The molecule has 2 fully saturated rings. The normalized spacial score (nSPS) is 17.2. The molecule has 0 radical (unpaired) electrons. The Bertz CT molecular complexity index is 2600. The fourth-order valence-electron chi connectivity index (χ4n) is 8.87. The van der Waals surface area contributed by atoms with Gasteiger partial charge in [-0.1, -0.05) is 24.3 Å². The third kappa shape index (κ3) is 12.4. The van der Waals surface area contributed by atoms with Crippen molar-refractivity contribution in [1.82, 2.24) is 40.6 Å². The summed E-state index contributed by atoms with van der Waals surface area (Å²) in [6.45, 7) is 5.74. The van der Waals surface area contributed by atoms with Gasteiger partial charge in [0.15, 0.2) is 11.6 Å². The molecular formula is C51H60N10O8. The summed E-state index contributed by atoms with van der Waals surface area (Å²) in [5.74, 6) is 0.461. The van der Waals surface area contributed by atoms with Gasteiger partial charge in [-0.25, -0.2) is 4.98 Å². The van der Waals surface area contributed by atoms with E-state index in [0.717, 1.165) is 73.6 Å². The van der Waals surface area contributed by atoms with Crippen molar-refractivity contribution in [2.24, 2.45) is 0 Å². The summed E-state index contributed by atoms with van der Waals surface area (Å²) in [6.07, 6.45) is 8.80. The van der Waals surface area contributed by atoms with Crippen molar-refractivity contribution in [3.05, 3.63) is 119 Å². The third-order valence-electron chi connectivity index (χ3n) is 12.8. The van der Waals surface area contributed by atoms with Crippen LogP contribution in [0.5, 0.6) is 5.75 Å². The number of H-pyrrole nitrogens is 1. The Morgan fingerprint density at radius 3 is 2.48 bits per heavy atom. The number of unbranched alkanes of at least 4 members (excludes halogenated alkanes) is 2. The SMILES string of the molecule is C[C@@H](NC(=O)c1cccc(NC2(c3nc(-c4ccncc4)n[nH]3)CCN(C)CC2)c1)c1cccc(OCCCCCOCCCOCC(=O)Nc2cccc3c2CN(C2CCC(=O)NC2=O)C3=O)c1. The Balaban J connectivity index is 0.700. The maximum Gasteiger partial charge on any atom is 0.255 e. The third-order valence-corrected chi connectivity index (χ3v) is 12.8. The average Bonchev–Trinajstić information content (AvgIpc) is 3.99. The number of pyridine rings is 1. The van der Waals surface area contributed by atoms with E-state index < -0.39 is 17.5 Å². The fourth-order valence-corrected chi connectivity index (χ4v) is 8.87. The number of ether oxygens (including phenoxy) is 3. The summed E-state index contributed by atoms with van der Waals surface area (Å²) >= 11 is 0. The Kier molecular flexibility index (Phi) is 16.0. The first-order valence-electron chi connectivity index (χ1n) is 23.7. The lowest BCUT2D eigenvalue weighted by molar-refractivity contribution is -0.137. The van der Waals surface area contributed by atoms with E-state index in [-0.39, 0.29) is 55.7 Å². The molecular weight excluding hydrogens is 881 g/mol. The molecule has 8 rings (SSSR count). The highest BCUT2D eigenvalue weighted by atomic mass is 16.5. The van der Waals surface area contributed by atoms with Crippen molar-refractivity contribution in [3.63, 3.8) is 0 Å². The Morgan fingerprint density at radius 2 is 1.65 bits per heavy atom. The zero-order valence-corrected chi connectivity index (χ0v) is 39.1. The molecule has 0 saturated carbocycles. The topological polar surface area (TPSA) is 222 Å². The van der Waals surface area contributed by atoms with Crippen LogP contribution in [0.4, 0.5) is 11.4 Å². The maximum atomic E-state index is 13.6. The molecule has 0 aliphatic carbocycles. The molecule has 1 unspecified atom stereocenters. The number of hydrogen-bond donors (Lipinski definition) is 5. The van der Waals surface area contributed by atoms with Gasteiger partial charge in [0.2, 0.25) is 17.7 Å². The van der Waals surface area contributed by atoms with Crippen LogP contribution in [-0.4, -0.2) is 119 Å². The van der Waals surface area contributed by atoms with Crippen molar-refractivity contribution < 1.29 is 38.2 Å². The minimum atomic E-state index is -0.731. The largest absolute Gasteiger partial charge is 0.494 e. The van der Waals surface area contributed by atoms with Crippen molar-refractivity contribution in [3.8, 4) is 17.1 Å². The number of fused-ring (bicyclic) bond motifs is 1. The lowest BCUT2D eigenvalue weighted by Crippen LogP contribution is -2.52. The number of aromatic nitrogens is 4. The molecule has 362 valence electrons. The number of carbonyl (C=O) groups excluding carboxylic acids is 5. The van der Waals surface area contributed by atoms with Crippen LogP contribution in [0.15, 0.2) is 91.3 Å². The highest BCUT2D eigenvalue weighted by Gasteiger charge is 2.41. The van der Waals surface area contributed by atoms with Gasteiger partial charge in [-0.05, 0) is 119 Å². The van der Waals surface area contributed by atoms with E-state index in [1.165, 1.54) is 4.90 Å². The summed E-state index contributed by atoms with van der Waals surface area (Å²) in [5.41, 5.74) is 4.26. The molecule has 5 aromatic rings. The molecule has 18 heteroatoms. The van der Waals surface area contributed by atoms with Crippen LogP contribution < -0.4 is 26.0 Å². The van der Waals surface area contributed by atoms with Crippen LogP contribution in [0, 0.1) is 0 Å². The molecule has 2 aromatic heterocycles. The van der Waals surface area contributed by atoms with Gasteiger partial charge in [-0.3, -0.25) is 39.4 Å². The van der Waals surface area contributed by atoms with Crippen LogP contribution >= 0.6 is 0 Å². The number of benzene rings is 3. The first-order valence-corrected chi connectivity index (χ1v) is 23.7. The lowest BCUT2D eigenvalue weighted by Gasteiger charge is -2.40. The molecule has 3 aromatic carbocycles. The highest BCUT2D eigenvalue weighted by molar-refractivity contribution is 6.07. The monoisotopic (exact) mass is 940 g/mol. The van der Waals surface area contributed by atoms with Crippen molar-refractivity contribution >= 4 is 40.9 Å². The summed E-state index contributed by atoms with van der Waals surface area (Å²) in [7, 11) is 2.12. The quantitative estimate of drug-likeness (QED) is 0.0412. The van der Waals surface area contributed by atoms with Crippen LogP contribution in [-0.2, 0) is 35.9 Å². The van der Waals surface area contributed by atoms with Crippen molar-refractivity contribution in [2.75, 3.05) is 63.8 Å². The van der Waals surface area contributed by atoms with E-state index in [1.807, 2.05) is 67.6 Å². The van der Waals surface area contributed by atoms with Gasteiger partial charge in [0.1, 0.15) is 18.4 Å². The second kappa shape index (κ2) is 22.9. The fraction of sp³-hybridized carbons (Fsp3) is 0.412. The maximum absolute atomic E-state index is 13.6. The molecule has 69 heavy (non-hydrogen) atoms. The average molecular weight is 941 g/mol. The highest BCUT2D eigenvalue weighted by Crippen LogP contribution is 2.36. The van der Waals surface area contributed by atoms with E-state index in [0.29, 0.717) is 61.1 Å². The van der Waals surface area contributed by atoms with Crippen molar-refractivity contribution in [1.29, 1.82) is 0 Å². The van der Waals surface area contributed by atoms with Gasteiger partial charge >= 0.3 is 0 Å². The predicted octanol–water partition coefficient (Wildman–Crippen LogP) is 5.76. The number of carbonyl (C=O) groups is 5. The van der Waals surface area contributed by atoms with E-state index in [1.54, 1.807) is 30.6 Å².